The molecule has 0 unspecified atom stereocenters. The smallest absolute Gasteiger partial charge is 0.240 e. The lowest BCUT2D eigenvalue weighted by Gasteiger charge is -2.31. The fraction of sp³-hybridized carbons (Fsp3) is 0.538. The Bertz CT molecular complexity index is 509. The predicted molar refractivity (Wildman–Crippen MR) is 74.8 cm³/mol. The molecule has 0 aliphatic heterocycles. The molecule has 0 atom stereocenters. The zero-order chi connectivity index (χ0) is 13.9. The van der Waals surface area contributed by atoms with E-state index in [1.54, 1.807) is 24.3 Å². The lowest BCUT2D eigenvalue weighted by Crippen LogP contribution is -2.38. The van der Waals surface area contributed by atoms with E-state index in [1.807, 2.05) is 0 Å². The fourth-order valence-corrected chi connectivity index (χ4v) is 3.46. The molecule has 1 fully saturated rings. The second kappa shape index (κ2) is 6.22. The van der Waals surface area contributed by atoms with E-state index >= 15 is 0 Å². The van der Waals surface area contributed by atoms with Gasteiger partial charge in [-0.3, -0.25) is 0 Å². The topological polar surface area (TPSA) is 66.4 Å². The molecule has 2 N–H and O–H groups in total. The van der Waals surface area contributed by atoms with Crippen molar-refractivity contribution in [3.8, 4) is 0 Å². The van der Waals surface area contributed by atoms with Gasteiger partial charge in [0.05, 0.1) is 11.0 Å². The Morgan fingerprint density at radius 1 is 1.26 bits per heavy atom. The summed E-state index contributed by atoms with van der Waals surface area (Å²) in [6.07, 6.45) is 1.83. The Morgan fingerprint density at radius 2 is 1.89 bits per heavy atom. The van der Waals surface area contributed by atoms with Crippen LogP contribution in [0.1, 0.15) is 18.4 Å². The van der Waals surface area contributed by atoms with Crippen molar-refractivity contribution in [3.63, 3.8) is 0 Å². The number of aryl methyl sites for hydroxylation is 1. The maximum absolute atomic E-state index is 12.0. The zero-order valence-corrected chi connectivity index (χ0v) is 12.1. The van der Waals surface area contributed by atoms with Crippen molar-refractivity contribution < 1.29 is 13.5 Å². The van der Waals surface area contributed by atoms with Gasteiger partial charge in [-0.15, -0.1) is 11.6 Å². The van der Waals surface area contributed by atoms with Crippen LogP contribution in [-0.4, -0.2) is 32.1 Å². The summed E-state index contributed by atoms with van der Waals surface area (Å²) in [6.45, 7) is 0.392. The Hall–Kier alpha value is -0.620. The molecule has 0 heterocycles. The molecule has 1 aliphatic rings. The first-order valence-corrected chi connectivity index (χ1v) is 8.35. The molecule has 19 heavy (non-hydrogen) atoms. The van der Waals surface area contributed by atoms with E-state index in [1.165, 1.54) is 0 Å². The van der Waals surface area contributed by atoms with Gasteiger partial charge in [-0.25, -0.2) is 13.1 Å². The number of alkyl halides is 1. The molecule has 0 bridgehead atoms. The highest BCUT2D eigenvalue weighted by Crippen LogP contribution is 2.26. The van der Waals surface area contributed by atoms with Gasteiger partial charge < -0.3 is 5.11 Å². The van der Waals surface area contributed by atoms with Crippen molar-refractivity contribution in [2.45, 2.75) is 30.3 Å². The van der Waals surface area contributed by atoms with E-state index in [-0.39, 0.29) is 16.9 Å². The number of benzene rings is 1. The highest BCUT2D eigenvalue weighted by Gasteiger charge is 2.28. The van der Waals surface area contributed by atoms with Crippen molar-refractivity contribution in [1.82, 2.24) is 4.72 Å². The number of halogens is 1. The van der Waals surface area contributed by atoms with E-state index in [0.717, 1.165) is 12.0 Å². The third kappa shape index (κ3) is 3.92. The van der Waals surface area contributed by atoms with E-state index in [9.17, 15) is 8.42 Å². The van der Waals surface area contributed by atoms with Crippen molar-refractivity contribution in [2.75, 3.05) is 12.4 Å². The van der Waals surface area contributed by atoms with Crippen LogP contribution in [-0.2, 0) is 16.4 Å². The highest BCUT2D eigenvalue weighted by atomic mass is 35.5. The standard InChI is InChI=1S/C13H18ClNO3S/c14-6-5-10-1-3-13(4-2-10)19(17,18)15-9-11-7-12(16)8-11/h1-4,11-12,15-16H,5-9H2. The first-order chi connectivity index (χ1) is 9.01. The molecular formula is C13H18ClNO3S. The summed E-state index contributed by atoms with van der Waals surface area (Å²) in [5, 5.41) is 9.16. The number of hydrogen-bond donors (Lipinski definition) is 2. The lowest BCUT2D eigenvalue weighted by molar-refractivity contribution is 0.0453. The molecule has 106 valence electrons. The van der Waals surface area contributed by atoms with Gasteiger partial charge in [0.15, 0.2) is 0 Å². The van der Waals surface area contributed by atoms with Gasteiger partial charge in [0, 0.05) is 12.4 Å². The third-order valence-corrected chi connectivity index (χ3v) is 5.02. The molecule has 0 radical (unpaired) electrons. The molecule has 6 heteroatoms. The maximum atomic E-state index is 12.0. The molecule has 0 aromatic heterocycles. The van der Waals surface area contributed by atoms with Gasteiger partial charge in [-0.05, 0) is 42.9 Å². The first kappa shape index (κ1) is 14.8. The molecular weight excluding hydrogens is 286 g/mol. The third-order valence-electron chi connectivity index (χ3n) is 3.39. The summed E-state index contributed by atoms with van der Waals surface area (Å²) in [7, 11) is -3.45. The van der Waals surface area contributed by atoms with Gasteiger partial charge in [-0.1, -0.05) is 12.1 Å². The molecule has 2 rings (SSSR count). The molecule has 0 amide bonds. The van der Waals surface area contributed by atoms with Crippen LogP contribution in [0.3, 0.4) is 0 Å². The summed E-state index contributed by atoms with van der Waals surface area (Å²) < 4.78 is 26.6. The van der Waals surface area contributed by atoms with Gasteiger partial charge in [0.2, 0.25) is 10.0 Å². The molecule has 1 aromatic rings. The Kier molecular flexibility index (Phi) is 4.84. The number of hydrogen-bond acceptors (Lipinski definition) is 3. The lowest BCUT2D eigenvalue weighted by atomic mass is 9.83. The van der Waals surface area contributed by atoms with E-state index < -0.39 is 10.0 Å². The van der Waals surface area contributed by atoms with Crippen LogP contribution in [0.2, 0.25) is 0 Å². The summed E-state index contributed by atoms with van der Waals surface area (Å²) in [5.41, 5.74) is 1.02. The average molecular weight is 304 g/mol. The minimum atomic E-state index is -3.45. The molecule has 1 saturated carbocycles. The summed E-state index contributed by atoms with van der Waals surface area (Å²) in [6, 6.07) is 6.76. The fourth-order valence-electron chi connectivity index (χ4n) is 2.12. The first-order valence-electron chi connectivity index (χ1n) is 6.34. The van der Waals surface area contributed by atoms with E-state index in [2.05, 4.69) is 4.72 Å². The van der Waals surface area contributed by atoms with Crippen molar-refractivity contribution in [1.29, 1.82) is 0 Å². The van der Waals surface area contributed by atoms with Crippen LogP contribution < -0.4 is 4.72 Å². The Balaban J connectivity index is 1.94. The largest absolute Gasteiger partial charge is 0.393 e. The summed E-state index contributed by atoms with van der Waals surface area (Å²) in [4.78, 5) is 0.269. The maximum Gasteiger partial charge on any atom is 0.240 e. The van der Waals surface area contributed by atoms with Crippen LogP contribution in [0.15, 0.2) is 29.2 Å². The highest BCUT2D eigenvalue weighted by molar-refractivity contribution is 7.89. The molecule has 1 aliphatic carbocycles. The Morgan fingerprint density at radius 3 is 2.42 bits per heavy atom. The van der Waals surface area contributed by atoms with Crippen LogP contribution in [0.25, 0.3) is 0 Å². The van der Waals surface area contributed by atoms with Crippen LogP contribution in [0, 0.1) is 5.92 Å². The minimum Gasteiger partial charge on any atom is -0.393 e. The zero-order valence-electron chi connectivity index (χ0n) is 10.5. The minimum absolute atomic E-state index is 0.250. The van der Waals surface area contributed by atoms with Crippen LogP contribution in [0.5, 0.6) is 0 Å². The number of rotatable bonds is 6. The molecule has 4 nitrogen and oxygen atoms in total. The van der Waals surface area contributed by atoms with Gasteiger partial charge in [0.25, 0.3) is 0 Å². The van der Waals surface area contributed by atoms with Crippen molar-refractivity contribution in [3.05, 3.63) is 29.8 Å². The van der Waals surface area contributed by atoms with Gasteiger partial charge in [-0.2, -0.15) is 0 Å². The SMILES string of the molecule is O=S(=O)(NCC1CC(O)C1)c1ccc(CCCl)cc1. The monoisotopic (exact) mass is 303 g/mol. The second-order valence-electron chi connectivity index (χ2n) is 4.93. The second-order valence-corrected chi connectivity index (χ2v) is 7.07. The Labute approximate surface area is 118 Å². The molecule has 0 saturated heterocycles. The number of sulfonamides is 1. The van der Waals surface area contributed by atoms with E-state index in [4.69, 9.17) is 16.7 Å². The van der Waals surface area contributed by atoms with Crippen molar-refractivity contribution in [2.24, 2.45) is 5.92 Å². The predicted octanol–water partition coefficient (Wildman–Crippen LogP) is 1.52. The van der Waals surface area contributed by atoms with Gasteiger partial charge >= 0.3 is 0 Å². The quantitative estimate of drug-likeness (QED) is 0.783. The summed E-state index contributed by atoms with van der Waals surface area (Å²) in [5.74, 6) is 0.772. The van der Waals surface area contributed by atoms with Crippen LogP contribution in [0.4, 0.5) is 0 Å². The average Bonchev–Trinajstić information content (AvgIpc) is 2.34. The normalized spacial score (nSPS) is 23.1. The van der Waals surface area contributed by atoms with Crippen LogP contribution >= 0.6 is 11.6 Å². The number of nitrogens with one attached hydrogen (secondary N) is 1. The summed E-state index contributed by atoms with van der Waals surface area (Å²) >= 11 is 5.63. The van der Waals surface area contributed by atoms with Crippen molar-refractivity contribution >= 4 is 21.6 Å². The molecule has 0 spiro atoms. The molecule has 1 aromatic carbocycles. The van der Waals surface area contributed by atoms with E-state index in [0.29, 0.717) is 25.3 Å². The number of aliphatic hydroxyl groups excluding tert-OH is 1. The number of aliphatic hydroxyl groups is 1. The van der Waals surface area contributed by atoms with Gasteiger partial charge in [0.1, 0.15) is 0 Å².